The Morgan fingerprint density at radius 3 is 2.75 bits per heavy atom. The molecule has 0 aliphatic heterocycles. The zero-order chi connectivity index (χ0) is 14.4. The van der Waals surface area contributed by atoms with Gasteiger partial charge in [-0.15, -0.1) is 0 Å². The number of aryl methyl sites for hydroxylation is 1. The molecule has 0 atom stereocenters. The predicted molar refractivity (Wildman–Crippen MR) is 71.6 cm³/mol. The molecule has 0 saturated carbocycles. The van der Waals surface area contributed by atoms with Crippen molar-refractivity contribution in [1.82, 2.24) is 10.5 Å². The van der Waals surface area contributed by atoms with Crippen LogP contribution in [0.3, 0.4) is 0 Å². The van der Waals surface area contributed by atoms with Crippen molar-refractivity contribution in [1.29, 1.82) is 0 Å². The normalized spacial score (nSPS) is 10.1. The van der Waals surface area contributed by atoms with Crippen molar-refractivity contribution in [3.63, 3.8) is 0 Å². The van der Waals surface area contributed by atoms with Crippen molar-refractivity contribution < 1.29 is 18.8 Å². The van der Waals surface area contributed by atoms with E-state index in [2.05, 4.69) is 10.5 Å². The number of nitrogens with zero attached hydrogens (tertiary/aromatic N) is 1. The Morgan fingerprint density at radius 1 is 1.35 bits per heavy atom. The van der Waals surface area contributed by atoms with E-state index in [0.717, 1.165) is 5.56 Å². The van der Waals surface area contributed by atoms with Crippen molar-refractivity contribution >= 4 is 5.91 Å². The van der Waals surface area contributed by atoms with Gasteiger partial charge in [0.05, 0.1) is 13.3 Å². The van der Waals surface area contributed by atoms with Crippen LogP contribution < -0.4 is 14.8 Å². The molecule has 20 heavy (non-hydrogen) atoms. The highest BCUT2D eigenvalue weighted by Gasteiger charge is 2.08. The fraction of sp³-hybridized carbons (Fsp3) is 0.286. The standard InChI is InChI=1S/C14H16N2O4/c1-10-11(8-16-20-10)7-15-14(17)9-19-13-6-4-3-5-12(13)18-2/h3-6,8H,7,9H2,1-2H3,(H,15,17). The summed E-state index contributed by atoms with van der Waals surface area (Å²) >= 11 is 0. The zero-order valence-electron chi connectivity index (χ0n) is 11.4. The van der Waals surface area contributed by atoms with Gasteiger partial charge in [0, 0.05) is 12.1 Å². The first-order chi connectivity index (χ1) is 9.70. The van der Waals surface area contributed by atoms with E-state index < -0.39 is 0 Å². The molecule has 0 spiro atoms. The van der Waals surface area contributed by atoms with Crippen molar-refractivity contribution in [3.8, 4) is 11.5 Å². The summed E-state index contributed by atoms with van der Waals surface area (Å²) < 4.78 is 15.5. The average Bonchev–Trinajstić information content (AvgIpc) is 2.88. The quantitative estimate of drug-likeness (QED) is 0.869. The predicted octanol–water partition coefficient (Wildman–Crippen LogP) is 1.69. The molecule has 6 nitrogen and oxygen atoms in total. The van der Waals surface area contributed by atoms with Gasteiger partial charge in [-0.2, -0.15) is 0 Å². The van der Waals surface area contributed by atoms with Crippen LogP contribution in [-0.4, -0.2) is 24.8 Å². The van der Waals surface area contributed by atoms with Gasteiger partial charge in [0.1, 0.15) is 5.76 Å². The molecule has 0 aliphatic carbocycles. The SMILES string of the molecule is COc1ccccc1OCC(=O)NCc1cnoc1C. The minimum absolute atomic E-state index is 0.0787. The Bertz CT molecular complexity index is 580. The first-order valence-corrected chi connectivity index (χ1v) is 6.13. The second-order valence-corrected chi connectivity index (χ2v) is 4.12. The summed E-state index contributed by atoms with van der Waals surface area (Å²) in [5.74, 6) is 1.59. The molecule has 0 aliphatic rings. The van der Waals surface area contributed by atoms with Crippen LogP contribution in [0.25, 0.3) is 0 Å². The topological polar surface area (TPSA) is 73.6 Å². The third-order valence-corrected chi connectivity index (χ3v) is 2.75. The molecule has 2 aromatic rings. The van der Waals surface area contributed by atoms with E-state index in [1.165, 1.54) is 0 Å². The average molecular weight is 276 g/mol. The maximum absolute atomic E-state index is 11.7. The van der Waals surface area contributed by atoms with Crippen LogP contribution in [0, 0.1) is 6.92 Å². The van der Waals surface area contributed by atoms with Gasteiger partial charge in [-0.25, -0.2) is 0 Å². The second kappa shape index (κ2) is 6.60. The lowest BCUT2D eigenvalue weighted by Crippen LogP contribution is -2.28. The van der Waals surface area contributed by atoms with Gasteiger partial charge in [-0.3, -0.25) is 4.79 Å². The number of amides is 1. The van der Waals surface area contributed by atoms with Crippen molar-refractivity contribution in [2.24, 2.45) is 0 Å². The van der Waals surface area contributed by atoms with Gasteiger partial charge in [-0.05, 0) is 19.1 Å². The fourth-order valence-corrected chi connectivity index (χ4v) is 1.61. The van der Waals surface area contributed by atoms with E-state index in [9.17, 15) is 4.79 Å². The van der Waals surface area contributed by atoms with E-state index in [1.807, 2.05) is 12.1 Å². The summed E-state index contributed by atoms with van der Waals surface area (Å²) in [5, 5.41) is 6.37. The molecule has 1 N–H and O–H groups in total. The highest BCUT2D eigenvalue weighted by Crippen LogP contribution is 2.25. The van der Waals surface area contributed by atoms with E-state index in [4.69, 9.17) is 14.0 Å². The van der Waals surface area contributed by atoms with Gasteiger partial charge < -0.3 is 19.3 Å². The Labute approximate surface area is 116 Å². The van der Waals surface area contributed by atoms with Crippen LogP contribution in [0.4, 0.5) is 0 Å². The van der Waals surface area contributed by atoms with Crippen molar-refractivity contribution in [2.75, 3.05) is 13.7 Å². The minimum atomic E-state index is -0.225. The molecule has 0 saturated heterocycles. The smallest absolute Gasteiger partial charge is 0.258 e. The van der Waals surface area contributed by atoms with Crippen LogP contribution in [-0.2, 0) is 11.3 Å². The third-order valence-electron chi connectivity index (χ3n) is 2.75. The summed E-state index contributed by atoms with van der Waals surface area (Å²) in [5.41, 5.74) is 0.843. The van der Waals surface area contributed by atoms with Gasteiger partial charge >= 0.3 is 0 Å². The summed E-state index contributed by atoms with van der Waals surface area (Å²) in [6.07, 6.45) is 1.58. The number of carbonyl (C=O) groups excluding carboxylic acids is 1. The molecule has 1 amide bonds. The van der Waals surface area contributed by atoms with Crippen LogP contribution in [0.2, 0.25) is 0 Å². The number of ether oxygens (including phenoxy) is 2. The summed E-state index contributed by atoms with van der Waals surface area (Å²) in [6.45, 7) is 2.08. The van der Waals surface area contributed by atoms with Gasteiger partial charge in [-0.1, -0.05) is 17.3 Å². The first-order valence-electron chi connectivity index (χ1n) is 6.13. The van der Waals surface area contributed by atoms with E-state index in [0.29, 0.717) is 23.8 Å². The number of hydrogen-bond donors (Lipinski definition) is 1. The number of benzene rings is 1. The highest BCUT2D eigenvalue weighted by atomic mass is 16.5. The monoisotopic (exact) mass is 276 g/mol. The number of nitrogens with one attached hydrogen (secondary N) is 1. The molecule has 106 valence electrons. The zero-order valence-corrected chi connectivity index (χ0v) is 11.4. The maximum atomic E-state index is 11.7. The Morgan fingerprint density at radius 2 is 2.10 bits per heavy atom. The number of para-hydroxylation sites is 2. The first kappa shape index (κ1) is 13.9. The van der Waals surface area contributed by atoms with Gasteiger partial charge in [0.15, 0.2) is 18.1 Å². The Kier molecular flexibility index (Phi) is 4.60. The van der Waals surface area contributed by atoms with Crippen LogP contribution in [0.1, 0.15) is 11.3 Å². The molecule has 0 bridgehead atoms. The van der Waals surface area contributed by atoms with Crippen LogP contribution in [0.5, 0.6) is 11.5 Å². The molecule has 0 radical (unpaired) electrons. The summed E-state index contributed by atoms with van der Waals surface area (Å²) in [6, 6.07) is 7.17. The lowest BCUT2D eigenvalue weighted by atomic mass is 10.3. The van der Waals surface area contributed by atoms with Crippen molar-refractivity contribution in [2.45, 2.75) is 13.5 Å². The minimum Gasteiger partial charge on any atom is -0.493 e. The van der Waals surface area contributed by atoms with E-state index in [1.54, 1.807) is 32.4 Å². The molecule has 1 aromatic heterocycles. The third kappa shape index (κ3) is 3.50. The van der Waals surface area contributed by atoms with Gasteiger partial charge in [0.25, 0.3) is 5.91 Å². The lowest BCUT2D eigenvalue weighted by Gasteiger charge is -2.10. The summed E-state index contributed by atoms with van der Waals surface area (Å²) in [4.78, 5) is 11.7. The number of methoxy groups -OCH3 is 1. The second-order valence-electron chi connectivity index (χ2n) is 4.12. The number of hydrogen-bond acceptors (Lipinski definition) is 5. The molecule has 6 heteroatoms. The molecule has 2 rings (SSSR count). The van der Waals surface area contributed by atoms with Crippen LogP contribution >= 0.6 is 0 Å². The Balaban J connectivity index is 1.82. The molecular weight excluding hydrogens is 260 g/mol. The summed E-state index contributed by atoms with van der Waals surface area (Å²) in [7, 11) is 1.55. The maximum Gasteiger partial charge on any atom is 0.258 e. The molecule has 1 aromatic carbocycles. The molecule has 0 unspecified atom stereocenters. The lowest BCUT2D eigenvalue weighted by molar-refractivity contribution is -0.123. The van der Waals surface area contributed by atoms with E-state index >= 15 is 0 Å². The number of rotatable bonds is 6. The molecular formula is C14H16N2O4. The van der Waals surface area contributed by atoms with Gasteiger partial charge in [0.2, 0.25) is 0 Å². The molecule has 0 fully saturated rings. The largest absolute Gasteiger partial charge is 0.493 e. The van der Waals surface area contributed by atoms with Crippen molar-refractivity contribution in [3.05, 3.63) is 41.8 Å². The molecule has 1 heterocycles. The Hall–Kier alpha value is -2.50. The highest BCUT2D eigenvalue weighted by molar-refractivity contribution is 5.77. The fourth-order valence-electron chi connectivity index (χ4n) is 1.61. The number of carbonyl (C=O) groups is 1. The van der Waals surface area contributed by atoms with Crippen LogP contribution in [0.15, 0.2) is 35.0 Å². The number of aromatic nitrogens is 1. The van der Waals surface area contributed by atoms with E-state index in [-0.39, 0.29) is 12.5 Å².